The standard InChI is InChI=1S/C16H19N3O5S/c1-2-24-14(22)8-7-13(21)19-16(25)18-12-6-4-3-5-11(12)15(23)17-9-10-20/h3-8,20H,2,9-10H2,1H3,(H,17,23)(H2,18,19,21,25)/b8-7+. The highest BCUT2D eigenvalue weighted by molar-refractivity contribution is 7.80. The number of ether oxygens (including phenoxy) is 1. The van der Waals surface area contributed by atoms with Crippen LogP contribution < -0.4 is 16.0 Å². The van der Waals surface area contributed by atoms with Crippen LogP contribution in [0.3, 0.4) is 0 Å². The molecule has 0 bridgehead atoms. The molecule has 1 rings (SSSR count). The Balaban J connectivity index is 2.67. The molecule has 0 heterocycles. The van der Waals surface area contributed by atoms with Gasteiger partial charge >= 0.3 is 5.97 Å². The fourth-order valence-corrected chi connectivity index (χ4v) is 1.91. The Hall–Kier alpha value is -2.78. The van der Waals surface area contributed by atoms with Crippen LogP contribution in [-0.2, 0) is 14.3 Å². The number of amides is 2. The van der Waals surface area contributed by atoms with E-state index in [0.29, 0.717) is 11.3 Å². The molecule has 1 aromatic carbocycles. The quantitative estimate of drug-likeness (QED) is 0.313. The maximum Gasteiger partial charge on any atom is 0.330 e. The number of carbonyl (C=O) groups excluding carboxylic acids is 3. The van der Waals surface area contributed by atoms with Crippen molar-refractivity contribution in [3.05, 3.63) is 42.0 Å². The lowest BCUT2D eigenvalue weighted by atomic mass is 10.1. The van der Waals surface area contributed by atoms with E-state index in [-0.39, 0.29) is 24.9 Å². The highest BCUT2D eigenvalue weighted by Gasteiger charge is 2.12. The maximum absolute atomic E-state index is 12.0. The Kier molecular flexibility index (Phi) is 8.83. The lowest BCUT2D eigenvalue weighted by molar-refractivity contribution is -0.137. The molecular formula is C16H19N3O5S. The van der Waals surface area contributed by atoms with E-state index in [2.05, 4.69) is 20.7 Å². The minimum Gasteiger partial charge on any atom is -0.463 e. The van der Waals surface area contributed by atoms with Crippen LogP contribution in [0.5, 0.6) is 0 Å². The number of benzene rings is 1. The van der Waals surface area contributed by atoms with Gasteiger partial charge in [-0.2, -0.15) is 0 Å². The SMILES string of the molecule is CCOC(=O)/C=C/C(=O)NC(=S)Nc1ccccc1C(=O)NCCO. The van der Waals surface area contributed by atoms with Crippen molar-refractivity contribution < 1.29 is 24.2 Å². The topological polar surface area (TPSA) is 117 Å². The minimum atomic E-state index is -0.637. The molecule has 0 aliphatic heterocycles. The third-order valence-corrected chi connectivity index (χ3v) is 2.92. The van der Waals surface area contributed by atoms with Gasteiger partial charge in [0.2, 0.25) is 5.91 Å². The van der Waals surface area contributed by atoms with E-state index in [0.717, 1.165) is 12.2 Å². The van der Waals surface area contributed by atoms with Gasteiger partial charge < -0.3 is 20.5 Å². The second-order valence-corrected chi connectivity index (χ2v) is 4.96. The van der Waals surface area contributed by atoms with Crippen molar-refractivity contribution in [1.82, 2.24) is 10.6 Å². The van der Waals surface area contributed by atoms with Gasteiger partial charge in [-0.1, -0.05) is 12.1 Å². The first-order chi connectivity index (χ1) is 12.0. The smallest absolute Gasteiger partial charge is 0.330 e. The molecule has 0 unspecified atom stereocenters. The molecule has 134 valence electrons. The molecule has 0 aliphatic carbocycles. The van der Waals surface area contributed by atoms with Crippen molar-refractivity contribution in [2.45, 2.75) is 6.92 Å². The number of anilines is 1. The van der Waals surface area contributed by atoms with Crippen molar-refractivity contribution in [1.29, 1.82) is 0 Å². The molecule has 9 heteroatoms. The summed E-state index contributed by atoms with van der Waals surface area (Å²) in [5, 5.41) is 16.3. The molecule has 8 nitrogen and oxygen atoms in total. The summed E-state index contributed by atoms with van der Waals surface area (Å²) < 4.78 is 4.65. The molecule has 4 N–H and O–H groups in total. The number of nitrogens with one attached hydrogen (secondary N) is 3. The van der Waals surface area contributed by atoms with Crippen molar-refractivity contribution in [2.75, 3.05) is 25.1 Å². The predicted molar refractivity (Wildman–Crippen MR) is 96.0 cm³/mol. The molecular weight excluding hydrogens is 346 g/mol. The first-order valence-electron chi connectivity index (χ1n) is 7.42. The zero-order valence-corrected chi connectivity index (χ0v) is 14.4. The van der Waals surface area contributed by atoms with Gasteiger partial charge in [-0.15, -0.1) is 0 Å². The number of hydrogen-bond acceptors (Lipinski definition) is 6. The molecule has 0 spiro atoms. The monoisotopic (exact) mass is 365 g/mol. The first kappa shape index (κ1) is 20.3. The third-order valence-electron chi connectivity index (χ3n) is 2.71. The summed E-state index contributed by atoms with van der Waals surface area (Å²) in [6.07, 6.45) is 1.98. The lowest BCUT2D eigenvalue weighted by Gasteiger charge is -2.12. The van der Waals surface area contributed by atoms with Gasteiger partial charge in [0.25, 0.3) is 5.91 Å². The van der Waals surface area contributed by atoms with Crippen LogP contribution in [-0.4, -0.2) is 47.8 Å². The number of esters is 1. The van der Waals surface area contributed by atoms with Crippen LogP contribution in [0.4, 0.5) is 5.69 Å². The zero-order chi connectivity index (χ0) is 18.7. The summed E-state index contributed by atoms with van der Waals surface area (Å²) in [5.74, 6) is -1.65. The van der Waals surface area contributed by atoms with Crippen LogP contribution in [0.25, 0.3) is 0 Å². The van der Waals surface area contributed by atoms with Crippen molar-refractivity contribution in [3.8, 4) is 0 Å². The summed E-state index contributed by atoms with van der Waals surface area (Å²) in [5.41, 5.74) is 0.687. The summed E-state index contributed by atoms with van der Waals surface area (Å²) in [6.45, 7) is 1.80. The highest BCUT2D eigenvalue weighted by atomic mass is 32.1. The number of rotatable bonds is 7. The molecule has 0 saturated carbocycles. The number of para-hydroxylation sites is 1. The van der Waals surface area contributed by atoms with Crippen LogP contribution in [0.15, 0.2) is 36.4 Å². The number of aliphatic hydroxyl groups excluding tert-OH is 1. The summed E-state index contributed by atoms with van der Waals surface area (Å²) in [6, 6.07) is 6.54. The van der Waals surface area contributed by atoms with Gasteiger partial charge in [0.05, 0.1) is 24.5 Å². The molecule has 2 amide bonds. The third kappa shape index (κ3) is 7.55. The Morgan fingerprint density at radius 2 is 1.96 bits per heavy atom. The number of hydrogen-bond donors (Lipinski definition) is 4. The van der Waals surface area contributed by atoms with Crippen molar-refractivity contribution in [2.24, 2.45) is 0 Å². The Morgan fingerprint density at radius 3 is 2.64 bits per heavy atom. The predicted octanol–water partition coefficient (Wildman–Crippen LogP) is 0.341. The van der Waals surface area contributed by atoms with Gasteiger partial charge in [-0.25, -0.2) is 4.79 Å². The minimum absolute atomic E-state index is 0.0408. The van der Waals surface area contributed by atoms with E-state index in [1.165, 1.54) is 0 Å². The Bertz CT molecular complexity index is 675. The molecule has 0 radical (unpaired) electrons. The van der Waals surface area contributed by atoms with E-state index >= 15 is 0 Å². The van der Waals surface area contributed by atoms with E-state index in [1.807, 2.05) is 0 Å². The van der Waals surface area contributed by atoms with E-state index < -0.39 is 17.8 Å². The van der Waals surface area contributed by atoms with E-state index in [1.54, 1.807) is 31.2 Å². The fraction of sp³-hybridized carbons (Fsp3) is 0.250. The van der Waals surface area contributed by atoms with Crippen LogP contribution in [0, 0.1) is 0 Å². The average molecular weight is 365 g/mol. The van der Waals surface area contributed by atoms with Crippen LogP contribution in [0.1, 0.15) is 17.3 Å². The lowest BCUT2D eigenvalue weighted by Crippen LogP contribution is -2.34. The highest BCUT2D eigenvalue weighted by Crippen LogP contribution is 2.14. The number of aliphatic hydroxyl groups is 1. The second-order valence-electron chi connectivity index (χ2n) is 4.55. The number of carbonyl (C=O) groups is 3. The second kappa shape index (κ2) is 10.9. The maximum atomic E-state index is 12.0. The molecule has 1 aromatic rings. The Labute approximate surface area is 150 Å². The van der Waals surface area contributed by atoms with Gasteiger partial charge in [0.1, 0.15) is 0 Å². The van der Waals surface area contributed by atoms with E-state index in [9.17, 15) is 14.4 Å². The van der Waals surface area contributed by atoms with Crippen LogP contribution >= 0.6 is 12.2 Å². The first-order valence-corrected chi connectivity index (χ1v) is 7.83. The summed E-state index contributed by atoms with van der Waals surface area (Å²) in [4.78, 5) is 34.8. The van der Waals surface area contributed by atoms with E-state index in [4.69, 9.17) is 17.3 Å². The summed E-state index contributed by atoms with van der Waals surface area (Å²) >= 11 is 5.01. The molecule has 0 aliphatic rings. The summed E-state index contributed by atoms with van der Waals surface area (Å²) in [7, 11) is 0. The van der Waals surface area contributed by atoms with Crippen molar-refractivity contribution >= 4 is 40.8 Å². The van der Waals surface area contributed by atoms with Gasteiger partial charge in [-0.05, 0) is 31.3 Å². The number of thiocarbonyl (C=S) groups is 1. The molecule has 0 fully saturated rings. The molecule has 25 heavy (non-hydrogen) atoms. The fourth-order valence-electron chi connectivity index (χ4n) is 1.70. The molecule has 0 saturated heterocycles. The normalized spacial score (nSPS) is 10.2. The Morgan fingerprint density at radius 1 is 1.24 bits per heavy atom. The van der Waals surface area contributed by atoms with Crippen molar-refractivity contribution in [3.63, 3.8) is 0 Å². The average Bonchev–Trinajstić information content (AvgIpc) is 2.58. The van der Waals surface area contributed by atoms with Gasteiger partial charge in [-0.3, -0.25) is 14.9 Å². The van der Waals surface area contributed by atoms with Crippen LogP contribution in [0.2, 0.25) is 0 Å². The molecule has 0 atom stereocenters. The van der Waals surface area contributed by atoms with Gasteiger partial charge in [0, 0.05) is 18.7 Å². The zero-order valence-electron chi connectivity index (χ0n) is 13.6. The largest absolute Gasteiger partial charge is 0.463 e. The van der Waals surface area contributed by atoms with Gasteiger partial charge in [0.15, 0.2) is 5.11 Å². The molecule has 0 aromatic heterocycles.